The monoisotopic (exact) mass is 196 g/mol. The number of rotatable bonds is 2. The van der Waals surface area contributed by atoms with Crippen molar-refractivity contribution in [2.45, 2.75) is 12.5 Å². The van der Waals surface area contributed by atoms with Crippen molar-refractivity contribution in [3.05, 3.63) is 39.7 Å². The Morgan fingerprint density at radius 1 is 1.57 bits per heavy atom. The summed E-state index contributed by atoms with van der Waals surface area (Å²) in [6.45, 7) is 0.913. The maximum absolute atomic E-state index is 12.9. The van der Waals surface area contributed by atoms with Gasteiger partial charge in [-0.15, -0.1) is 0 Å². The lowest BCUT2D eigenvalue weighted by Gasteiger charge is -2.27. The van der Waals surface area contributed by atoms with E-state index in [-0.39, 0.29) is 6.04 Å². The Kier molecular flexibility index (Phi) is 2.17. The Hall–Kier alpha value is -1.49. The number of nitrogens with one attached hydrogen (secondary N) is 1. The third-order valence-electron chi connectivity index (χ3n) is 2.39. The molecule has 0 aromatic heterocycles. The average molecular weight is 196 g/mol. The summed E-state index contributed by atoms with van der Waals surface area (Å²) in [6, 6.07) is 4.17. The smallest absolute Gasteiger partial charge is 0.305 e. The van der Waals surface area contributed by atoms with E-state index in [1.807, 2.05) is 0 Å². The van der Waals surface area contributed by atoms with Crippen LogP contribution in [-0.4, -0.2) is 11.5 Å². The molecule has 1 atom stereocenters. The molecule has 1 aliphatic heterocycles. The first-order valence-corrected chi connectivity index (χ1v) is 4.35. The van der Waals surface area contributed by atoms with Crippen molar-refractivity contribution in [3.63, 3.8) is 0 Å². The Balaban J connectivity index is 2.34. The Labute approximate surface area is 79.9 Å². The predicted molar refractivity (Wildman–Crippen MR) is 48.4 cm³/mol. The molecule has 2 rings (SSSR count). The Morgan fingerprint density at radius 3 is 2.79 bits per heavy atom. The molecular formula is C9H9FN2O2. The minimum Gasteiger partial charge on any atom is -0.310 e. The summed E-state index contributed by atoms with van der Waals surface area (Å²) in [5, 5.41) is 13.6. The molecule has 1 saturated heterocycles. The molecule has 0 bridgehead atoms. The first kappa shape index (κ1) is 9.08. The molecule has 1 aliphatic rings. The van der Waals surface area contributed by atoms with Gasteiger partial charge in [0.25, 0.3) is 0 Å². The summed E-state index contributed by atoms with van der Waals surface area (Å²) in [7, 11) is 0. The first-order valence-electron chi connectivity index (χ1n) is 4.35. The fraction of sp³-hybridized carbons (Fsp3) is 0.333. The van der Waals surface area contributed by atoms with Gasteiger partial charge in [0.1, 0.15) is 0 Å². The van der Waals surface area contributed by atoms with Crippen molar-refractivity contribution in [2.75, 3.05) is 6.54 Å². The molecule has 0 unspecified atom stereocenters. The quantitative estimate of drug-likeness (QED) is 0.579. The normalized spacial score (nSPS) is 20.2. The molecule has 0 saturated carbocycles. The van der Waals surface area contributed by atoms with Gasteiger partial charge in [0.2, 0.25) is 5.82 Å². The number of benzene rings is 1. The molecule has 1 heterocycles. The van der Waals surface area contributed by atoms with Crippen molar-refractivity contribution in [1.82, 2.24) is 5.32 Å². The van der Waals surface area contributed by atoms with Crippen LogP contribution in [0.4, 0.5) is 10.1 Å². The number of nitro groups is 1. The molecule has 1 aromatic rings. The topological polar surface area (TPSA) is 55.2 Å². The van der Waals surface area contributed by atoms with E-state index in [4.69, 9.17) is 0 Å². The largest absolute Gasteiger partial charge is 0.310 e. The summed E-state index contributed by atoms with van der Waals surface area (Å²) >= 11 is 0. The van der Waals surface area contributed by atoms with Crippen LogP contribution in [0.15, 0.2) is 18.2 Å². The van der Waals surface area contributed by atoms with E-state index in [9.17, 15) is 14.5 Å². The maximum atomic E-state index is 12.9. The molecule has 0 amide bonds. The SMILES string of the molecule is O=[N+]([O-])c1cc([C@@H]2CCN2)ccc1F. The van der Waals surface area contributed by atoms with E-state index in [1.54, 1.807) is 6.07 Å². The second-order valence-corrected chi connectivity index (χ2v) is 3.26. The molecule has 1 aromatic carbocycles. The molecule has 14 heavy (non-hydrogen) atoms. The third kappa shape index (κ3) is 1.46. The van der Waals surface area contributed by atoms with Crippen molar-refractivity contribution in [2.24, 2.45) is 0 Å². The van der Waals surface area contributed by atoms with E-state index < -0.39 is 16.4 Å². The fourth-order valence-corrected chi connectivity index (χ4v) is 1.46. The Morgan fingerprint density at radius 2 is 2.29 bits per heavy atom. The van der Waals surface area contributed by atoms with Crippen LogP contribution in [0.25, 0.3) is 0 Å². The number of hydrogen-bond acceptors (Lipinski definition) is 3. The van der Waals surface area contributed by atoms with Crippen molar-refractivity contribution >= 4 is 5.69 Å². The molecule has 0 spiro atoms. The first-order chi connectivity index (χ1) is 6.68. The second-order valence-electron chi connectivity index (χ2n) is 3.26. The number of nitro benzene ring substituents is 1. The van der Waals surface area contributed by atoms with Crippen LogP contribution in [0.3, 0.4) is 0 Å². The molecule has 5 heteroatoms. The van der Waals surface area contributed by atoms with Gasteiger partial charge in [-0.25, -0.2) is 0 Å². The number of halogens is 1. The molecule has 1 fully saturated rings. The lowest BCUT2D eigenvalue weighted by molar-refractivity contribution is -0.387. The third-order valence-corrected chi connectivity index (χ3v) is 2.39. The van der Waals surface area contributed by atoms with Gasteiger partial charge >= 0.3 is 5.69 Å². The van der Waals surface area contributed by atoms with Crippen LogP contribution in [-0.2, 0) is 0 Å². The van der Waals surface area contributed by atoms with Crippen molar-refractivity contribution in [1.29, 1.82) is 0 Å². The van der Waals surface area contributed by atoms with Gasteiger partial charge in [-0.05, 0) is 24.6 Å². The van der Waals surface area contributed by atoms with Crippen LogP contribution in [0.5, 0.6) is 0 Å². The van der Waals surface area contributed by atoms with Crippen molar-refractivity contribution < 1.29 is 9.31 Å². The van der Waals surface area contributed by atoms with Gasteiger partial charge in [0.05, 0.1) is 4.92 Å². The molecule has 1 N–H and O–H groups in total. The van der Waals surface area contributed by atoms with Crippen LogP contribution in [0.2, 0.25) is 0 Å². The number of nitrogens with zero attached hydrogens (tertiary/aromatic N) is 1. The van der Waals surface area contributed by atoms with E-state index in [2.05, 4.69) is 5.32 Å². The second kappa shape index (κ2) is 3.34. The molecule has 74 valence electrons. The van der Waals surface area contributed by atoms with E-state index in [1.165, 1.54) is 6.07 Å². The van der Waals surface area contributed by atoms with Crippen molar-refractivity contribution in [3.8, 4) is 0 Å². The molecule has 0 aliphatic carbocycles. The zero-order valence-corrected chi connectivity index (χ0v) is 7.37. The Bertz CT molecular complexity index is 377. The summed E-state index contributed by atoms with van der Waals surface area (Å²) in [5.74, 6) is -0.780. The standard InChI is InChI=1S/C9H9FN2O2/c10-7-2-1-6(8-3-4-11-8)5-9(7)12(13)14/h1-2,5,8,11H,3-4H2/t8-/m0/s1. The highest BCUT2D eigenvalue weighted by Gasteiger charge is 2.22. The highest BCUT2D eigenvalue weighted by molar-refractivity contribution is 5.38. The highest BCUT2D eigenvalue weighted by Crippen LogP contribution is 2.27. The lowest BCUT2D eigenvalue weighted by atomic mass is 9.97. The van der Waals surface area contributed by atoms with Crippen LogP contribution < -0.4 is 5.32 Å². The highest BCUT2D eigenvalue weighted by atomic mass is 19.1. The van der Waals surface area contributed by atoms with Gasteiger partial charge in [-0.2, -0.15) is 4.39 Å². The maximum Gasteiger partial charge on any atom is 0.305 e. The van der Waals surface area contributed by atoms with Gasteiger partial charge in [-0.3, -0.25) is 10.1 Å². The van der Waals surface area contributed by atoms with E-state index in [0.717, 1.165) is 24.6 Å². The molecular weight excluding hydrogens is 187 g/mol. The average Bonchev–Trinajstić information content (AvgIpc) is 2.04. The molecule has 0 radical (unpaired) electrons. The van der Waals surface area contributed by atoms with Crippen LogP contribution in [0.1, 0.15) is 18.0 Å². The van der Waals surface area contributed by atoms with Gasteiger partial charge in [0, 0.05) is 12.1 Å². The van der Waals surface area contributed by atoms with E-state index in [0.29, 0.717) is 0 Å². The summed E-state index contributed by atoms with van der Waals surface area (Å²) in [5.41, 5.74) is 0.334. The zero-order chi connectivity index (χ0) is 10.1. The number of hydrogen-bond donors (Lipinski definition) is 1. The minimum absolute atomic E-state index is 0.147. The zero-order valence-electron chi connectivity index (χ0n) is 7.37. The van der Waals surface area contributed by atoms with E-state index >= 15 is 0 Å². The lowest BCUT2D eigenvalue weighted by Crippen LogP contribution is -2.34. The summed E-state index contributed by atoms with van der Waals surface area (Å²) in [6.07, 6.45) is 0.947. The summed E-state index contributed by atoms with van der Waals surface area (Å²) < 4.78 is 12.9. The predicted octanol–water partition coefficient (Wildman–Crippen LogP) is 1.77. The molecule has 4 nitrogen and oxygen atoms in total. The van der Waals surface area contributed by atoms with Gasteiger partial charge in [-0.1, -0.05) is 6.07 Å². The van der Waals surface area contributed by atoms with Crippen LogP contribution >= 0.6 is 0 Å². The van der Waals surface area contributed by atoms with Gasteiger partial charge in [0.15, 0.2) is 0 Å². The fourth-order valence-electron chi connectivity index (χ4n) is 1.46. The van der Waals surface area contributed by atoms with Gasteiger partial charge < -0.3 is 5.32 Å². The summed E-state index contributed by atoms with van der Waals surface area (Å²) in [4.78, 5) is 9.75. The van der Waals surface area contributed by atoms with Crippen LogP contribution in [0, 0.1) is 15.9 Å². The minimum atomic E-state index is -0.780.